The van der Waals surface area contributed by atoms with Crippen molar-refractivity contribution in [3.63, 3.8) is 0 Å². The van der Waals surface area contributed by atoms with Gasteiger partial charge in [-0.1, -0.05) is 24.2 Å². The maximum atomic E-state index is 12.7. The van der Waals surface area contributed by atoms with Crippen LogP contribution < -0.4 is 0 Å². The number of imidazole rings is 1. The van der Waals surface area contributed by atoms with Gasteiger partial charge in [-0.15, -0.1) is 0 Å². The minimum Gasteiger partial charge on any atom is -0.393 e. The number of aromatic nitrogens is 2. The summed E-state index contributed by atoms with van der Waals surface area (Å²) in [6.45, 7) is 0.603. The fourth-order valence-corrected chi connectivity index (χ4v) is 3.84. The van der Waals surface area contributed by atoms with Crippen molar-refractivity contribution < 1.29 is 9.90 Å². The van der Waals surface area contributed by atoms with Crippen LogP contribution in [0, 0.1) is 5.92 Å². The van der Waals surface area contributed by atoms with Gasteiger partial charge in [0.1, 0.15) is 0 Å². The predicted molar refractivity (Wildman–Crippen MR) is 95.7 cm³/mol. The maximum absolute atomic E-state index is 12.7. The molecule has 128 valence electrons. The van der Waals surface area contributed by atoms with Crippen molar-refractivity contribution in [1.29, 1.82) is 0 Å². The molecule has 0 bridgehead atoms. The fourth-order valence-electron chi connectivity index (χ4n) is 3.31. The molecule has 1 aliphatic rings. The van der Waals surface area contributed by atoms with E-state index in [-0.39, 0.29) is 17.9 Å². The molecular formula is C18H23N3O2S. The Morgan fingerprint density at radius 1 is 1.46 bits per heavy atom. The SMILES string of the molecule is CSc1nccn1-c1cccc(C(=O)N(C)CC2CCCC2O)c1. The Morgan fingerprint density at radius 3 is 3.00 bits per heavy atom. The van der Waals surface area contributed by atoms with Gasteiger partial charge in [-0.25, -0.2) is 4.98 Å². The Bertz CT molecular complexity index is 716. The Labute approximate surface area is 146 Å². The summed E-state index contributed by atoms with van der Waals surface area (Å²) in [4.78, 5) is 18.8. The summed E-state index contributed by atoms with van der Waals surface area (Å²) in [7, 11) is 1.81. The number of rotatable bonds is 5. The molecule has 2 unspecified atom stereocenters. The molecule has 2 atom stereocenters. The average molecular weight is 345 g/mol. The third kappa shape index (κ3) is 3.49. The number of nitrogens with zero attached hydrogens (tertiary/aromatic N) is 3. The largest absolute Gasteiger partial charge is 0.393 e. The van der Waals surface area contributed by atoms with E-state index in [1.165, 1.54) is 0 Å². The van der Waals surface area contributed by atoms with Crippen molar-refractivity contribution in [2.75, 3.05) is 19.8 Å². The maximum Gasteiger partial charge on any atom is 0.253 e. The molecular weight excluding hydrogens is 322 g/mol. The Morgan fingerprint density at radius 2 is 2.29 bits per heavy atom. The molecule has 1 aromatic heterocycles. The minimum atomic E-state index is -0.276. The Balaban J connectivity index is 1.76. The van der Waals surface area contributed by atoms with Gasteiger partial charge < -0.3 is 10.0 Å². The molecule has 1 aromatic carbocycles. The topological polar surface area (TPSA) is 58.4 Å². The van der Waals surface area contributed by atoms with Crippen LogP contribution in [-0.4, -0.2) is 51.4 Å². The summed E-state index contributed by atoms with van der Waals surface area (Å²) in [5.41, 5.74) is 1.58. The molecule has 1 heterocycles. The number of aliphatic hydroxyl groups excluding tert-OH is 1. The zero-order valence-corrected chi connectivity index (χ0v) is 14.9. The highest BCUT2D eigenvalue weighted by molar-refractivity contribution is 7.98. The molecule has 24 heavy (non-hydrogen) atoms. The van der Waals surface area contributed by atoms with Crippen LogP contribution in [0.4, 0.5) is 0 Å². The van der Waals surface area contributed by atoms with E-state index < -0.39 is 0 Å². The highest BCUT2D eigenvalue weighted by Gasteiger charge is 2.27. The third-order valence-electron chi connectivity index (χ3n) is 4.63. The number of carbonyl (C=O) groups excluding carboxylic acids is 1. The Kier molecular flexibility index (Phi) is 5.26. The van der Waals surface area contributed by atoms with E-state index in [1.54, 1.807) is 22.9 Å². The lowest BCUT2D eigenvalue weighted by Gasteiger charge is -2.23. The van der Waals surface area contributed by atoms with Gasteiger partial charge >= 0.3 is 0 Å². The number of thioether (sulfide) groups is 1. The van der Waals surface area contributed by atoms with E-state index in [0.717, 1.165) is 30.1 Å². The quantitative estimate of drug-likeness (QED) is 0.847. The van der Waals surface area contributed by atoms with Gasteiger partial charge in [0.05, 0.1) is 6.10 Å². The van der Waals surface area contributed by atoms with Crippen molar-refractivity contribution in [3.05, 3.63) is 42.2 Å². The van der Waals surface area contributed by atoms with Crippen LogP contribution in [0.1, 0.15) is 29.6 Å². The number of aliphatic hydroxyl groups is 1. The molecule has 1 aliphatic carbocycles. The summed E-state index contributed by atoms with van der Waals surface area (Å²) in [6.07, 6.45) is 8.24. The predicted octanol–water partition coefficient (Wildman–Crippen LogP) is 2.83. The van der Waals surface area contributed by atoms with Crippen LogP contribution >= 0.6 is 11.8 Å². The molecule has 1 saturated carbocycles. The highest BCUT2D eigenvalue weighted by atomic mass is 32.2. The number of hydrogen-bond donors (Lipinski definition) is 1. The summed E-state index contributed by atoms with van der Waals surface area (Å²) in [6, 6.07) is 7.60. The molecule has 0 spiro atoms. The highest BCUT2D eigenvalue weighted by Crippen LogP contribution is 2.26. The number of amides is 1. The van der Waals surface area contributed by atoms with Gasteiger partial charge in [-0.05, 0) is 37.3 Å². The van der Waals surface area contributed by atoms with Gasteiger partial charge in [0.2, 0.25) is 0 Å². The van der Waals surface area contributed by atoms with Crippen LogP contribution in [0.2, 0.25) is 0 Å². The average Bonchev–Trinajstić information content (AvgIpc) is 3.23. The first-order valence-corrected chi connectivity index (χ1v) is 9.44. The van der Waals surface area contributed by atoms with E-state index in [9.17, 15) is 9.90 Å². The monoisotopic (exact) mass is 345 g/mol. The van der Waals surface area contributed by atoms with Crippen molar-refractivity contribution in [2.45, 2.75) is 30.5 Å². The second-order valence-corrected chi connectivity index (χ2v) is 7.05. The summed E-state index contributed by atoms with van der Waals surface area (Å²) in [5, 5.41) is 10.9. The first-order chi connectivity index (χ1) is 11.6. The van der Waals surface area contributed by atoms with Crippen LogP contribution in [0.25, 0.3) is 5.69 Å². The van der Waals surface area contributed by atoms with E-state index in [1.807, 2.05) is 48.3 Å². The number of hydrogen-bond acceptors (Lipinski definition) is 4. The smallest absolute Gasteiger partial charge is 0.253 e. The van der Waals surface area contributed by atoms with E-state index >= 15 is 0 Å². The second kappa shape index (κ2) is 7.40. The zero-order chi connectivity index (χ0) is 17.1. The summed E-state index contributed by atoms with van der Waals surface area (Å²) >= 11 is 1.57. The molecule has 0 saturated heterocycles. The van der Waals surface area contributed by atoms with Crippen LogP contribution in [0.15, 0.2) is 41.8 Å². The van der Waals surface area contributed by atoms with E-state index in [2.05, 4.69) is 4.98 Å². The number of benzene rings is 1. The Hall–Kier alpha value is -1.79. The molecule has 1 fully saturated rings. The molecule has 0 radical (unpaired) electrons. The number of carbonyl (C=O) groups is 1. The van der Waals surface area contributed by atoms with E-state index in [4.69, 9.17) is 0 Å². The molecule has 3 rings (SSSR count). The van der Waals surface area contributed by atoms with Crippen molar-refractivity contribution >= 4 is 17.7 Å². The van der Waals surface area contributed by atoms with Gasteiger partial charge in [0.15, 0.2) is 5.16 Å². The molecule has 5 nitrogen and oxygen atoms in total. The van der Waals surface area contributed by atoms with Gasteiger partial charge in [-0.3, -0.25) is 9.36 Å². The first-order valence-electron chi connectivity index (χ1n) is 8.21. The molecule has 0 aliphatic heterocycles. The standard InChI is InChI=1S/C18H23N3O2S/c1-20(12-14-6-4-8-16(14)22)17(23)13-5-3-7-15(11-13)21-10-9-19-18(21)24-2/h3,5,7,9-11,14,16,22H,4,6,8,12H2,1-2H3. The van der Waals surface area contributed by atoms with Crippen molar-refractivity contribution in [1.82, 2.24) is 14.5 Å². The summed E-state index contributed by atoms with van der Waals surface area (Å²) < 4.78 is 1.97. The molecule has 1 N–H and O–H groups in total. The van der Waals surface area contributed by atoms with Crippen molar-refractivity contribution in [2.24, 2.45) is 5.92 Å². The van der Waals surface area contributed by atoms with Crippen LogP contribution in [0.5, 0.6) is 0 Å². The van der Waals surface area contributed by atoms with Gasteiger partial charge in [0, 0.05) is 43.2 Å². The fraction of sp³-hybridized carbons (Fsp3) is 0.444. The lowest BCUT2D eigenvalue weighted by atomic mass is 10.1. The minimum absolute atomic E-state index is 0.0123. The molecule has 1 amide bonds. The van der Waals surface area contributed by atoms with Gasteiger partial charge in [-0.2, -0.15) is 0 Å². The summed E-state index contributed by atoms with van der Waals surface area (Å²) in [5.74, 6) is 0.181. The molecule has 6 heteroatoms. The third-order valence-corrected chi connectivity index (χ3v) is 5.30. The molecule has 2 aromatic rings. The first kappa shape index (κ1) is 17.0. The van der Waals surface area contributed by atoms with Gasteiger partial charge in [0.25, 0.3) is 5.91 Å². The van der Waals surface area contributed by atoms with Crippen LogP contribution in [-0.2, 0) is 0 Å². The van der Waals surface area contributed by atoms with Crippen molar-refractivity contribution in [3.8, 4) is 5.69 Å². The lowest BCUT2D eigenvalue weighted by Crippen LogP contribution is -2.34. The second-order valence-electron chi connectivity index (χ2n) is 6.28. The van der Waals surface area contributed by atoms with Crippen LogP contribution in [0.3, 0.4) is 0 Å². The van der Waals surface area contributed by atoms with E-state index in [0.29, 0.717) is 12.1 Å². The normalized spacial score (nSPS) is 20.3. The lowest BCUT2D eigenvalue weighted by molar-refractivity contribution is 0.0693. The zero-order valence-electron chi connectivity index (χ0n) is 14.1.